The highest BCUT2D eigenvalue weighted by Gasteiger charge is 2.11. The van der Waals surface area contributed by atoms with Crippen LogP contribution in [0.1, 0.15) is 16.3 Å². The second-order valence-corrected chi connectivity index (χ2v) is 5.45. The first-order valence-electron chi connectivity index (χ1n) is 5.88. The minimum Gasteiger partial charge on any atom is -0.455 e. The molecule has 2 rings (SSSR count). The summed E-state index contributed by atoms with van der Waals surface area (Å²) >= 11 is 0. The van der Waals surface area contributed by atoms with E-state index in [1.165, 1.54) is 18.2 Å². The number of hydrogen-bond acceptors (Lipinski definition) is 5. The van der Waals surface area contributed by atoms with Crippen molar-refractivity contribution in [1.82, 2.24) is 0 Å². The zero-order valence-electron chi connectivity index (χ0n) is 10.9. The first kappa shape index (κ1) is 15.0. The first-order valence-corrected chi connectivity index (χ1v) is 7.43. The monoisotopic (exact) mass is 310 g/mol. The van der Waals surface area contributed by atoms with Crippen molar-refractivity contribution in [3.63, 3.8) is 0 Å². The average Bonchev–Trinajstić information content (AvgIpc) is 2.85. The van der Waals surface area contributed by atoms with E-state index in [9.17, 15) is 13.2 Å². The zero-order chi connectivity index (χ0) is 15.5. The lowest BCUT2D eigenvalue weighted by atomic mass is 10.3. The van der Waals surface area contributed by atoms with Gasteiger partial charge in [0.15, 0.2) is 5.76 Å². The fourth-order valence-electron chi connectivity index (χ4n) is 1.63. The van der Waals surface area contributed by atoms with Crippen LogP contribution in [0.5, 0.6) is 0 Å². The van der Waals surface area contributed by atoms with Crippen LogP contribution in [0, 0.1) is 0 Å². The number of furan rings is 1. The first-order chi connectivity index (χ1) is 9.87. The van der Waals surface area contributed by atoms with Crippen molar-refractivity contribution < 1.29 is 17.6 Å². The third-order valence-electron chi connectivity index (χ3n) is 2.47. The number of carbonyl (C=O) groups is 1. The quantitative estimate of drug-likeness (QED) is 0.640. The highest BCUT2D eigenvalue weighted by atomic mass is 32.2. The van der Waals surface area contributed by atoms with Crippen molar-refractivity contribution in [2.75, 3.05) is 10.0 Å². The smallest absolute Gasteiger partial charge is 0.296 e. The van der Waals surface area contributed by atoms with Gasteiger partial charge in [0, 0.05) is 5.69 Å². The number of carbonyl (C=O) groups excluding carboxylic acids is 1. The molecule has 1 amide bonds. The van der Waals surface area contributed by atoms with E-state index in [1.54, 1.807) is 18.2 Å². The molecular weight excluding hydrogens is 296 g/mol. The van der Waals surface area contributed by atoms with Gasteiger partial charge in [0.2, 0.25) is 0 Å². The lowest BCUT2D eigenvalue weighted by molar-refractivity contribution is 0.0995. The van der Waals surface area contributed by atoms with Crippen molar-refractivity contribution in [1.29, 1.82) is 0 Å². The summed E-state index contributed by atoms with van der Waals surface area (Å²) in [6.45, 7) is 0.195. The summed E-state index contributed by atoms with van der Waals surface area (Å²) in [5, 5.41) is 7.45. The molecule has 21 heavy (non-hydrogen) atoms. The van der Waals surface area contributed by atoms with Gasteiger partial charge in [-0.15, -0.1) is 0 Å². The number of amides is 1. The third-order valence-corrected chi connectivity index (χ3v) is 2.99. The van der Waals surface area contributed by atoms with Gasteiger partial charge in [-0.25, -0.2) is 5.14 Å². The Balaban J connectivity index is 2.12. The van der Waals surface area contributed by atoms with Crippen LogP contribution >= 0.6 is 0 Å². The molecule has 8 nitrogen and oxygen atoms in total. The normalized spacial score (nSPS) is 11.1. The van der Waals surface area contributed by atoms with Crippen LogP contribution in [-0.2, 0) is 16.8 Å². The van der Waals surface area contributed by atoms with Crippen LogP contribution in [0.25, 0.3) is 0 Å². The molecule has 0 aliphatic heterocycles. The molecule has 0 aliphatic carbocycles. The zero-order valence-corrected chi connectivity index (χ0v) is 11.7. The summed E-state index contributed by atoms with van der Waals surface area (Å²) in [5.41, 5.74) is 6.01. The Morgan fingerprint density at radius 2 is 1.90 bits per heavy atom. The molecule has 0 aliphatic rings. The highest BCUT2D eigenvalue weighted by molar-refractivity contribution is 7.90. The Morgan fingerprint density at radius 3 is 2.52 bits per heavy atom. The summed E-state index contributed by atoms with van der Waals surface area (Å²) < 4.78 is 29.2. The van der Waals surface area contributed by atoms with Crippen LogP contribution in [0.15, 0.2) is 40.8 Å². The molecule has 0 atom stereocenters. The van der Waals surface area contributed by atoms with E-state index in [4.69, 9.17) is 15.3 Å². The lowest BCUT2D eigenvalue weighted by Gasteiger charge is -2.07. The van der Waals surface area contributed by atoms with Crippen molar-refractivity contribution in [3.8, 4) is 0 Å². The number of benzene rings is 1. The van der Waals surface area contributed by atoms with Gasteiger partial charge < -0.3 is 15.5 Å². The minimum atomic E-state index is -3.87. The predicted molar refractivity (Wildman–Crippen MR) is 77.7 cm³/mol. The van der Waals surface area contributed by atoms with E-state index < -0.39 is 16.1 Å². The van der Waals surface area contributed by atoms with Crippen LogP contribution < -0.4 is 20.9 Å². The number of hydrogen-bond donors (Lipinski definition) is 4. The van der Waals surface area contributed by atoms with Gasteiger partial charge in [0.05, 0.1) is 12.2 Å². The van der Waals surface area contributed by atoms with E-state index in [0.717, 1.165) is 0 Å². The van der Waals surface area contributed by atoms with Gasteiger partial charge in [0.1, 0.15) is 5.76 Å². The number of nitrogens with one attached hydrogen (secondary N) is 2. The summed E-state index contributed by atoms with van der Waals surface area (Å²) in [6.07, 6.45) is 0. The van der Waals surface area contributed by atoms with Crippen LogP contribution in [0.2, 0.25) is 0 Å². The van der Waals surface area contributed by atoms with Gasteiger partial charge >= 0.3 is 0 Å². The molecule has 1 heterocycles. The molecule has 0 saturated heterocycles. The van der Waals surface area contributed by atoms with Crippen LogP contribution in [-0.4, -0.2) is 14.3 Å². The van der Waals surface area contributed by atoms with E-state index in [0.29, 0.717) is 11.4 Å². The molecule has 0 unspecified atom stereocenters. The van der Waals surface area contributed by atoms with E-state index in [2.05, 4.69) is 10.0 Å². The van der Waals surface area contributed by atoms with Crippen molar-refractivity contribution in [3.05, 3.63) is 47.9 Å². The Labute approximate surface area is 121 Å². The van der Waals surface area contributed by atoms with Gasteiger partial charge in [-0.05, 0) is 30.3 Å². The molecule has 1 aromatic heterocycles. The average molecular weight is 310 g/mol. The summed E-state index contributed by atoms with van der Waals surface area (Å²) in [6, 6.07) is 9.20. The third kappa shape index (κ3) is 4.31. The second kappa shape index (κ2) is 5.95. The van der Waals surface area contributed by atoms with Gasteiger partial charge in [-0.3, -0.25) is 9.52 Å². The van der Waals surface area contributed by atoms with E-state index in [1.807, 2.05) is 0 Å². The lowest BCUT2D eigenvalue weighted by Crippen LogP contribution is -2.21. The molecular formula is C12H14N4O4S. The number of rotatable bonds is 5. The fourth-order valence-corrected chi connectivity index (χ4v) is 2.08. The van der Waals surface area contributed by atoms with Gasteiger partial charge in [-0.1, -0.05) is 6.07 Å². The van der Waals surface area contributed by atoms with Crippen LogP contribution in [0.3, 0.4) is 0 Å². The topological polar surface area (TPSA) is 140 Å². The summed E-state index contributed by atoms with van der Waals surface area (Å²) in [5.74, 6) is 0.132. The Hall–Kier alpha value is -2.36. The SMILES string of the molecule is NCc1ccc(C(=O)Nc2cccc(NS(N)(=O)=O)c2)o1. The van der Waals surface area contributed by atoms with Crippen LogP contribution in [0.4, 0.5) is 11.4 Å². The summed E-state index contributed by atoms with van der Waals surface area (Å²) in [7, 11) is -3.87. The van der Waals surface area contributed by atoms with Gasteiger partial charge in [-0.2, -0.15) is 8.42 Å². The predicted octanol–water partition coefficient (Wildman–Crippen LogP) is 0.606. The maximum atomic E-state index is 11.9. The minimum absolute atomic E-state index is 0.111. The largest absolute Gasteiger partial charge is 0.455 e. The molecule has 0 saturated carbocycles. The second-order valence-electron chi connectivity index (χ2n) is 4.15. The highest BCUT2D eigenvalue weighted by Crippen LogP contribution is 2.17. The Bertz CT molecular complexity index is 754. The maximum absolute atomic E-state index is 11.9. The standard InChI is InChI=1S/C12H14N4O4S/c13-7-10-4-5-11(20-10)12(17)15-8-2-1-3-9(6-8)16-21(14,18)19/h1-6,16H,7,13H2,(H,15,17)(H2,14,18,19). The van der Waals surface area contributed by atoms with Gasteiger partial charge in [0.25, 0.3) is 16.1 Å². The molecule has 2 aromatic rings. The fraction of sp³-hybridized carbons (Fsp3) is 0.0833. The molecule has 0 radical (unpaired) electrons. The Kier molecular flexibility index (Phi) is 4.26. The molecule has 112 valence electrons. The maximum Gasteiger partial charge on any atom is 0.296 e. The summed E-state index contributed by atoms with van der Waals surface area (Å²) in [4.78, 5) is 11.9. The Morgan fingerprint density at radius 1 is 1.19 bits per heavy atom. The molecule has 9 heteroatoms. The molecule has 6 N–H and O–H groups in total. The van der Waals surface area contributed by atoms with Crippen molar-refractivity contribution in [2.24, 2.45) is 10.9 Å². The van der Waals surface area contributed by atoms with Crippen molar-refractivity contribution >= 4 is 27.5 Å². The number of anilines is 2. The molecule has 0 fully saturated rings. The molecule has 1 aromatic carbocycles. The molecule has 0 spiro atoms. The van der Waals surface area contributed by atoms with E-state index >= 15 is 0 Å². The molecule has 0 bridgehead atoms. The van der Waals surface area contributed by atoms with Crippen molar-refractivity contribution in [2.45, 2.75) is 6.54 Å². The van der Waals surface area contributed by atoms with E-state index in [-0.39, 0.29) is 18.0 Å². The number of nitrogens with two attached hydrogens (primary N) is 2.